The van der Waals surface area contributed by atoms with Gasteiger partial charge in [0.25, 0.3) is 0 Å². The van der Waals surface area contributed by atoms with Gasteiger partial charge in [0.1, 0.15) is 17.8 Å². The molecule has 0 radical (unpaired) electrons. The summed E-state index contributed by atoms with van der Waals surface area (Å²) in [5.41, 5.74) is -0.391. The lowest BCUT2D eigenvalue weighted by Crippen LogP contribution is -2.60. The van der Waals surface area contributed by atoms with Crippen LogP contribution >= 0.6 is 11.6 Å². The monoisotopic (exact) mass is 452 g/mol. The third-order valence-corrected chi connectivity index (χ3v) is 6.89. The number of aliphatic hydroxyl groups is 4. The van der Waals surface area contributed by atoms with Crippen molar-refractivity contribution in [1.82, 2.24) is 0 Å². The van der Waals surface area contributed by atoms with Gasteiger partial charge in [-0.25, -0.2) is 4.39 Å². The lowest BCUT2D eigenvalue weighted by molar-refractivity contribution is -0.188. The van der Waals surface area contributed by atoms with E-state index in [4.69, 9.17) is 21.1 Å². The Morgan fingerprint density at radius 2 is 1.94 bits per heavy atom. The number of aliphatic hydroxyl groups excluding tert-OH is 4. The van der Waals surface area contributed by atoms with E-state index >= 15 is 0 Å². The Morgan fingerprint density at radius 1 is 1.16 bits per heavy atom. The Bertz CT molecular complexity index is 971. The summed E-state index contributed by atoms with van der Waals surface area (Å²) in [5, 5.41) is 42.0. The predicted octanol–water partition coefficient (Wildman–Crippen LogP) is 2.16. The van der Waals surface area contributed by atoms with E-state index in [1.165, 1.54) is 6.07 Å². The van der Waals surface area contributed by atoms with Crippen LogP contribution in [-0.4, -0.2) is 58.6 Å². The van der Waals surface area contributed by atoms with Gasteiger partial charge >= 0.3 is 0 Å². The lowest BCUT2D eigenvalue weighted by Gasteiger charge is -2.46. The normalized spacial score (nSPS) is 32.3. The van der Waals surface area contributed by atoms with Gasteiger partial charge in [-0.05, 0) is 54.7 Å². The van der Waals surface area contributed by atoms with Crippen LogP contribution in [0.15, 0.2) is 36.4 Å². The molecule has 5 atom stereocenters. The first-order valence-electron chi connectivity index (χ1n) is 10.3. The zero-order chi connectivity index (χ0) is 22.4. The Hall–Kier alpha value is -1.74. The van der Waals surface area contributed by atoms with Gasteiger partial charge in [0.2, 0.25) is 0 Å². The maximum absolute atomic E-state index is 14.3. The molecule has 0 aromatic heterocycles. The first-order valence-corrected chi connectivity index (χ1v) is 10.6. The van der Waals surface area contributed by atoms with E-state index in [0.29, 0.717) is 34.7 Å². The van der Waals surface area contributed by atoms with E-state index in [9.17, 15) is 24.8 Å². The molecule has 2 bridgehead atoms. The van der Waals surface area contributed by atoms with Gasteiger partial charge in [0, 0.05) is 10.4 Å². The summed E-state index contributed by atoms with van der Waals surface area (Å²) >= 11 is 6.40. The Labute approximate surface area is 184 Å². The molecule has 6 nitrogen and oxygen atoms in total. The molecule has 31 heavy (non-hydrogen) atoms. The van der Waals surface area contributed by atoms with Gasteiger partial charge in [-0.2, -0.15) is 0 Å². The van der Waals surface area contributed by atoms with Crippen molar-refractivity contribution < 1.29 is 34.3 Å². The van der Waals surface area contributed by atoms with Crippen molar-refractivity contribution in [1.29, 1.82) is 0 Å². The maximum Gasteiger partial charge on any atom is 0.165 e. The van der Waals surface area contributed by atoms with E-state index in [1.54, 1.807) is 37.3 Å². The van der Waals surface area contributed by atoms with Crippen LogP contribution in [0.2, 0.25) is 5.02 Å². The van der Waals surface area contributed by atoms with Crippen LogP contribution in [0.4, 0.5) is 4.39 Å². The van der Waals surface area contributed by atoms with Crippen molar-refractivity contribution >= 4 is 11.6 Å². The van der Waals surface area contributed by atoms with Crippen LogP contribution in [-0.2, 0) is 16.8 Å². The molecule has 2 aliphatic rings. The highest BCUT2D eigenvalue weighted by atomic mass is 35.5. The average Bonchev–Trinajstić information content (AvgIpc) is 3.15. The minimum absolute atomic E-state index is 0.000842. The number of halogens is 2. The van der Waals surface area contributed by atoms with E-state index in [1.807, 2.05) is 0 Å². The highest BCUT2D eigenvalue weighted by Crippen LogP contribution is 2.55. The molecule has 4 rings (SSSR count). The average molecular weight is 453 g/mol. The Balaban J connectivity index is 1.68. The molecule has 0 spiro atoms. The highest BCUT2D eigenvalue weighted by molar-refractivity contribution is 6.31. The number of benzene rings is 2. The van der Waals surface area contributed by atoms with Crippen LogP contribution < -0.4 is 4.74 Å². The van der Waals surface area contributed by atoms with Gasteiger partial charge in [0.15, 0.2) is 11.6 Å². The number of fused-ring (bicyclic) bond motifs is 2. The molecule has 8 heteroatoms. The number of hydrogen-bond donors (Lipinski definition) is 4. The number of ether oxygens (including phenoxy) is 2. The summed E-state index contributed by atoms with van der Waals surface area (Å²) in [6, 6.07) is 9.85. The molecule has 1 saturated carbocycles. The standard InChI is InChI=1S/C23H26ClFO6/c1-2-30-18-6-3-13(8-17(18)25)7-14-9-15(4-5-16(14)24)23-10-22(11-26,12-31-23)20(28)19(27)21(23)29/h3-6,8-9,19-21,26-29H,2,7,10-12H2,1H3/t19-,20-,21+,22-,23-/m0/s1. The van der Waals surface area contributed by atoms with E-state index < -0.39 is 35.1 Å². The van der Waals surface area contributed by atoms with Gasteiger partial charge in [-0.1, -0.05) is 29.8 Å². The smallest absolute Gasteiger partial charge is 0.165 e. The van der Waals surface area contributed by atoms with Crippen LogP contribution in [0.1, 0.15) is 30.0 Å². The first-order chi connectivity index (χ1) is 14.8. The number of hydrogen-bond acceptors (Lipinski definition) is 6. The quantitative estimate of drug-likeness (QED) is 0.536. The topological polar surface area (TPSA) is 99.4 Å². The van der Waals surface area contributed by atoms with Crippen LogP contribution in [0.25, 0.3) is 0 Å². The lowest BCUT2D eigenvalue weighted by atomic mass is 9.64. The summed E-state index contributed by atoms with van der Waals surface area (Å²) < 4.78 is 25.4. The fourth-order valence-electron chi connectivity index (χ4n) is 4.76. The maximum atomic E-state index is 14.3. The van der Waals surface area contributed by atoms with E-state index in [2.05, 4.69) is 0 Å². The molecular weight excluding hydrogens is 427 g/mol. The summed E-state index contributed by atoms with van der Waals surface area (Å²) in [4.78, 5) is 0. The highest BCUT2D eigenvalue weighted by Gasteiger charge is 2.65. The van der Waals surface area contributed by atoms with Gasteiger partial charge in [-0.3, -0.25) is 0 Å². The fourth-order valence-corrected chi connectivity index (χ4v) is 4.94. The molecule has 0 unspecified atom stereocenters. The molecule has 0 amide bonds. The third-order valence-electron chi connectivity index (χ3n) is 6.52. The molecule has 2 fully saturated rings. The summed E-state index contributed by atoms with van der Waals surface area (Å²) in [7, 11) is 0. The van der Waals surface area contributed by atoms with Gasteiger partial charge in [0.05, 0.1) is 25.9 Å². The predicted molar refractivity (Wildman–Crippen MR) is 112 cm³/mol. The van der Waals surface area contributed by atoms with Crippen LogP contribution in [0, 0.1) is 11.2 Å². The molecule has 2 aromatic carbocycles. The van der Waals surface area contributed by atoms with E-state index in [-0.39, 0.29) is 25.4 Å². The van der Waals surface area contributed by atoms with Gasteiger partial charge in [-0.15, -0.1) is 0 Å². The zero-order valence-corrected chi connectivity index (χ0v) is 17.8. The second-order valence-corrected chi connectivity index (χ2v) is 8.84. The summed E-state index contributed by atoms with van der Waals surface area (Å²) in [6.45, 7) is 1.76. The van der Waals surface area contributed by atoms with Crippen molar-refractivity contribution in [3.63, 3.8) is 0 Å². The van der Waals surface area contributed by atoms with E-state index in [0.717, 1.165) is 0 Å². The molecule has 2 aromatic rings. The largest absolute Gasteiger partial charge is 0.491 e. The molecule has 1 heterocycles. The van der Waals surface area contributed by atoms with Crippen LogP contribution in [0.3, 0.4) is 0 Å². The SMILES string of the molecule is CCOc1ccc(Cc2cc([C@]34C[C@](CO)(CO3)[C@@H](O)[C@H](O)[C@H]4O)ccc2Cl)cc1F. The molecule has 168 valence electrons. The summed E-state index contributed by atoms with van der Waals surface area (Å²) in [5.74, 6) is -0.278. The van der Waals surface area contributed by atoms with Crippen molar-refractivity contribution in [3.8, 4) is 5.75 Å². The molecule has 1 aliphatic carbocycles. The Kier molecular flexibility index (Phi) is 6.02. The Morgan fingerprint density at radius 3 is 2.61 bits per heavy atom. The summed E-state index contributed by atoms with van der Waals surface area (Å²) in [6.07, 6.45) is -3.68. The third kappa shape index (κ3) is 3.63. The first kappa shape index (κ1) is 22.5. The minimum Gasteiger partial charge on any atom is -0.491 e. The molecular formula is C23H26ClFO6. The second kappa shape index (κ2) is 8.31. The zero-order valence-electron chi connectivity index (χ0n) is 17.1. The fraction of sp³-hybridized carbons (Fsp3) is 0.478. The van der Waals surface area contributed by atoms with Crippen molar-refractivity contribution in [2.24, 2.45) is 5.41 Å². The van der Waals surface area contributed by atoms with Crippen LogP contribution in [0.5, 0.6) is 5.75 Å². The second-order valence-electron chi connectivity index (χ2n) is 8.44. The molecule has 1 saturated heterocycles. The minimum atomic E-state index is -1.47. The van der Waals surface area contributed by atoms with Crippen molar-refractivity contribution in [2.45, 2.75) is 43.7 Å². The number of rotatable bonds is 6. The van der Waals surface area contributed by atoms with Crippen molar-refractivity contribution in [3.05, 3.63) is 63.9 Å². The molecule has 1 aliphatic heterocycles. The van der Waals surface area contributed by atoms with Gasteiger partial charge < -0.3 is 29.9 Å². The molecule has 4 N–H and O–H groups in total. The van der Waals surface area contributed by atoms with Crippen molar-refractivity contribution in [2.75, 3.05) is 19.8 Å².